The van der Waals surface area contributed by atoms with Gasteiger partial charge in [-0.3, -0.25) is 0 Å². The van der Waals surface area contributed by atoms with Crippen LogP contribution in [0.3, 0.4) is 0 Å². The van der Waals surface area contributed by atoms with E-state index in [-0.39, 0.29) is 0 Å². The molecule has 0 fully saturated rings. The van der Waals surface area contributed by atoms with Crippen molar-refractivity contribution in [2.45, 2.75) is 25.9 Å². The Bertz CT molecular complexity index is 456. The molecule has 0 aliphatic carbocycles. The summed E-state index contributed by atoms with van der Waals surface area (Å²) >= 11 is 5.94. The molecule has 0 aliphatic heterocycles. The lowest BCUT2D eigenvalue weighted by molar-refractivity contribution is 0.451. The Labute approximate surface area is 106 Å². The molecule has 4 heteroatoms. The van der Waals surface area contributed by atoms with E-state index in [1.165, 1.54) is 12.0 Å². The van der Waals surface area contributed by atoms with Crippen LogP contribution in [0.5, 0.6) is 0 Å². The summed E-state index contributed by atoms with van der Waals surface area (Å²) in [7, 11) is 0. The van der Waals surface area contributed by atoms with Gasteiger partial charge < -0.3 is 9.73 Å². The van der Waals surface area contributed by atoms with Crippen LogP contribution in [0, 0.1) is 0 Å². The van der Waals surface area contributed by atoms with Gasteiger partial charge in [-0.2, -0.15) is 0 Å². The van der Waals surface area contributed by atoms with Gasteiger partial charge in [0.15, 0.2) is 6.39 Å². The molecule has 0 aliphatic rings. The molecule has 17 heavy (non-hydrogen) atoms. The summed E-state index contributed by atoms with van der Waals surface area (Å²) in [6.45, 7) is 2.83. The molecule has 1 heterocycles. The topological polar surface area (TPSA) is 38.1 Å². The third-order valence-corrected chi connectivity index (χ3v) is 2.77. The van der Waals surface area contributed by atoms with Crippen LogP contribution in [0.25, 0.3) is 0 Å². The molecule has 0 spiro atoms. The van der Waals surface area contributed by atoms with Crippen molar-refractivity contribution in [1.82, 2.24) is 10.3 Å². The van der Waals surface area contributed by atoms with Crippen LogP contribution in [-0.4, -0.2) is 11.0 Å². The first kappa shape index (κ1) is 12.1. The Balaban J connectivity index is 1.83. The summed E-state index contributed by atoms with van der Waals surface area (Å²) in [4.78, 5) is 3.87. The van der Waals surface area contributed by atoms with E-state index < -0.39 is 0 Å². The SMILES string of the molecule is CC(Cc1cccc(Cl)c1)NCc1cnco1. The van der Waals surface area contributed by atoms with Crippen molar-refractivity contribution in [3.63, 3.8) is 0 Å². The number of rotatable bonds is 5. The number of oxazole rings is 1. The zero-order valence-electron chi connectivity index (χ0n) is 9.69. The Kier molecular flexibility index (Phi) is 4.18. The maximum atomic E-state index is 5.94. The first-order valence-electron chi connectivity index (χ1n) is 5.59. The second-order valence-corrected chi connectivity index (χ2v) is 4.52. The molecule has 0 saturated carbocycles. The van der Waals surface area contributed by atoms with Gasteiger partial charge >= 0.3 is 0 Å². The molecule has 0 bridgehead atoms. The summed E-state index contributed by atoms with van der Waals surface area (Å²) in [5, 5.41) is 4.16. The zero-order valence-corrected chi connectivity index (χ0v) is 10.4. The first-order valence-corrected chi connectivity index (χ1v) is 5.97. The first-order chi connectivity index (χ1) is 8.24. The van der Waals surface area contributed by atoms with E-state index in [1.54, 1.807) is 6.20 Å². The highest BCUT2D eigenvalue weighted by atomic mass is 35.5. The van der Waals surface area contributed by atoms with Gasteiger partial charge in [-0.25, -0.2) is 4.98 Å². The number of hydrogen-bond donors (Lipinski definition) is 1. The van der Waals surface area contributed by atoms with Gasteiger partial charge in [0.2, 0.25) is 0 Å². The quantitative estimate of drug-likeness (QED) is 0.886. The Hall–Kier alpha value is -1.32. The van der Waals surface area contributed by atoms with Crippen molar-refractivity contribution in [2.75, 3.05) is 0 Å². The van der Waals surface area contributed by atoms with Crippen molar-refractivity contribution in [3.8, 4) is 0 Å². The van der Waals surface area contributed by atoms with Crippen LogP contribution >= 0.6 is 11.6 Å². The summed E-state index contributed by atoms with van der Waals surface area (Å²) < 4.78 is 5.16. The minimum Gasteiger partial charge on any atom is -0.447 e. The minimum atomic E-state index is 0.360. The summed E-state index contributed by atoms with van der Waals surface area (Å²) in [6, 6.07) is 8.30. The van der Waals surface area contributed by atoms with Crippen molar-refractivity contribution >= 4 is 11.6 Å². The zero-order chi connectivity index (χ0) is 12.1. The average molecular weight is 251 g/mol. The van der Waals surface area contributed by atoms with E-state index in [2.05, 4.69) is 23.3 Å². The summed E-state index contributed by atoms with van der Waals surface area (Å²) in [5.74, 6) is 0.850. The maximum Gasteiger partial charge on any atom is 0.180 e. The molecule has 3 nitrogen and oxygen atoms in total. The van der Waals surface area contributed by atoms with E-state index in [0.29, 0.717) is 12.6 Å². The van der Waals surface area contributed by atoms with Crippen LogP contribution in [0.4, 0.5) is 0 Å². The molecule has 1 aromatic heterocycles. The number of nitrogens with zero attached hydrogens (tertiary/aromatic N) is 1. The largest absolute Gasteiger partial charge is 0.447 e. The number of aromatic nitrogens is 1. The fourth-order valence-electron chi connectivity index (χ4n) is 1.69. The minimum absolute atomic E-state index is 0.360. The Morgan fingerprint density at radius 2 is 2.35 bits per heavy atom. The molecule has 2 aromatic rings. The molecule has 1 unspecified atom stereocenters. The van der Waals surface area contributed by atoms with Crippen molar-refractivity contribution in [3.05, 3.63) is 53.2 Å². The number of benzene rings is 1. The molecule has 1 aromatic carbocycles. The third-order valence-electron chi connectivity index (χ3n) is 2.54. The van der Waals surface area contributed by atoms with Gasteiger partial charge in [0, 0.05) is 11.1 Å². The maximum absolute atomic E-state index is 5.94. The van der Waals surface area contributed by atoms with Crippen molar-refractivity contribution in [2.24, 2.45) is 0 Å². The highest BCUT2D eigenvalue weighted by Gasteiger charge is 2.04. The molecule has 1 N–H and O–H groups in total. The lowest BCUT2D eigenvalue weighted by atomic mass is 10.1. The van der Waals surface area contributed by atoms with Crippen LogP contribution < -0.4 is 5.32 Å². The lowest BCUT2D eigenvalue weighted by Crippen LogP contribution is -2.27. The lowest BCUT2D eigenvalue weighted by Gasteiger charge is -2.12. The van der Waals surface area contributed by atoms with Gasteiger partial charge in [-0.15, -0.1) is 0 Å². The van der Waals surface area contributed by atoms with Gasteiger partial charge in [-0.1, -0.05) is 23.7 Å². The Morgan fingerprint density at radius 1 is 1.47 bits per heavy atom. The molecule has 2 rings (SSSR count). The number of hydrogen-bond acceptors (Lipinski definition) is 3. The molecular weight excluding hydrogens is 236 g/mol. The van der Waals surface area contributed by atoms with Gasteiger partial charge in [0.25, 0.3) is 0 Å². The van der Waals surface area contributed by atoms with E-state index >= 15 is 0 Å². The molecule has 0 saturated heterocycles. The molecular formula is C13H15ClN2O. The van der Waals surface area contributed by atoms with E-state index in [9.17, 15) is 0 Å². The molecule has 1 atom stereocenters. The molecule has 0 radical (unpaired) electrons. The average Bonchev–Trinajstić information content (AvgIpc) is 2.79. The van der Waals surface area contributed by atoms with Crippen LogP contribution in [-0.2, 0) is 13.0 Å². The molecule has 0 amide bonds. The van der Waals surface area contributed by atoms with E-state index in [0.717, 1.165) is 17.2 Å². The van der Waals surface area contributed by atoms with E-state index in [4.69, 9.17) is 16.0 Å². The fraction of sp³-hybridized carbons (Fsp3) is 0.308. The number of halogens is 1. The van der Waals surface area contributed by atoms with Crippen molar-refractivity contribution < 1.29 is 4.42 Å². The van der Waals surface area contributed by atoms with Crippen LogP contribution in [0.2, 0.25) is 5.02 Å². The van der Waals surface area contributed by atoms with Gasteiger partial charge in [0.1, 0.15) is 5.76 Å². The third kappa shape index (κ3) is 3.88. The van der Waals surface area contributed by atoms with Crippen molar-refractivity contribution in [1.29, 1.82) is 0 Å². The monoisotopic (exact) mass is 250 g/mol. The summed E-state index contributed by atoms with van der Waals surface area (Å²) in [5.41, 5.74) is 1.23. The van der Waals surface area contributed by atoms with Crippen LogP contribution in [0.15, 0.2) is 41.3 Å². The van der Waals surface area contributed by atoms with Gasteiger partial charge in [0.05, 0.1) is 12.7 Å². The predicted octanol–water partition coefficient (Wildman–Crippen LogP) is 3.05. The Morgan fingerprint density at radius 3 is 3.06 bits per heavy atom. The predicted molar refractivity (Wildman–Crippen MR) is 68.0 cm³/mol. The highest BCUT2D eigenvalue weighted by molar-refractivity contribution is 6.30. The highest BCUT2D eigenvalue weighted by Crippen LogP contribution is 2.12. The van der Waals surface area contributed by atoms with Crippen LogP contribution in [0.1, 0.15) is 18.2 Å². The summed E-state index contributed by atoms with van der Waals surface area (Å²) in [6.07, 6.45) is 4.10. The standard InChI is InChI=1S/C13H15ClN2O/c1-10(16-8-13-7-15-9-17-13)5-11-3-2-4-12(14)6-11/h2-4,6-7,9-10,16H,5,8H2,1H3. The normalized spacial score (nSPS) is 12.6. The number of nitrogens with one attached hydrogen (secondary N) is 1. The molecule has 90 valence electrons. The second-order valence-electron chi connectivity index (χ2n) is 4.08. The smallest absolute Gasteiger partial charge is 0.180 e. The van der Waals surface area contributed by atoms with E-state index in [1.807, 2.05) is 18.2 Å². The second kappa shape index (κ2) is 5.84. The van der Waals surface area contributed by atoms with Gasteiger partial charge in [-0.05, 0) is 31.0 Å². The fourth-order valence-corrected chi connectivity index (χ4v) is 1.91.